The van der Waals surface area contributed by atoms with Crippen molar-refractivity contribution in [2.24, 2.45) is 0 Å². The van der Waals surface area contributed by atoms with E-state index in [4.69, 9.17) is 28.5 Å². The van der Waals surface area contributed by atoms with Gasteiger partial charge >= 0.3 is 0 Å². The topological polar surface area (TPSA) is 57.0 Å². The van der Waals surface area contributed by atoms with Gasteiger partial charge in [-0.15, -0.1) is 0 Å². The third-order valence-electron chi connectivity index (χ3n) is 1.96. The maximum atomic E-state index is 11.9. The molecule has 1 rings (SSSR count). The Labute approximate surface area is 103 Å². The first-order valence-electron chi connectivity index (χ1n) is 4.49. The molecule has 4 nitrogen and oxygen atoms in total. The van der Waals surface area contributed by atoms with Crippen molar-refractivity contribution < 1.29 is 4.79 Å². The third-order valence-corrected chi connectivity index (χ3v) is 2.47. The Kier molecular flexibility index (Phi) is 4.53. The van der Waals surface area contributed by atoms with Crippen LogP contribution < -0.4 is 0 Å². The number of hydrogen-bond acceptors (Lipinski definition) is 3. The molecule has 0 aliphatic carbocycles. The molecule has 0 saturated heterocycles. The zero-order chi connectivity index (χ0) is 12.1. The molecule has 0 spiro atoms. The maximum Gasteiger partial charge on any atom is 0.255 e. The molecular formula is C10H9Cl2N3O. The van der Waals surface area contributed by atoms with E-state index in [1.807, 2.05) is 6.07 Å². The Hall–Kier alpha value is -1.31. The van der Waals surface area contributed by atoms with Crippen LogP contribution in [0.2, 0.25) is 10.2 Å². The molecule has 1 amide bonds. The van der Waals surface area contributed by atoms with Crippen LogP contribution in [0.4, 0.5) is 0 Å². The monoisotopic (exact) mass is 257 g/mol. The number of carbonyl (C=O) groups excluding carboxylic acids is 1. The quantitative estimate of drug-likeness (QED) is 0.782. The number of aromatic nitrogens is 1. The smallest absolute Gasteiger partial charge is 0.255 e. The molecule has 0 saturated carbocycles. The number of nitrogens with zero attached hydrogens (tertiary/aromatic N) is 3. The normalized spacial score (nSPS) is 9.62. The number of rotatable bonds is 3. The van der Waals surface area contributed by atoms with E-state index in [1.165, 1.54) is 17.2 Å². The van der Waals surface area contributed by atoms with Crippen LogP contribution >= 0.6 is 23.2 Å². The van der Waals surface area contributed by atoms with Crippen molar-refractivity contribution in [3.63, 3.8) is 0 Å². The summed E-state index contributed by atoms with van der Waals surface area (Å²) in [5, 5.41) is 8.88. The second kappa shape index (κ2) is 5.69. The summed E-state index contributed by atoms with van der Waals surface area (Å²) in [6.07, 6.45) is 1.61. The highest BCUT2D eigenvalue weighted by molar-refractivity contribution is 6.35. The van der Waals surface area contributed by atoms with Gasteiger partial charge in [0.1, 0.15) is 5.15 Å². The van der Waals surface area contributed by atoms with Crippen molar-refractivity contribution >= 4 is 29.1 Å². The number of halogens is 2. The van der Waals surface area contributed by atoms with Gasteiger partial charge in [-0.25, -0.2) is 4.98 Å². The van der Waals surface area contributed by atoms with E-state index in [1.54, 1.807) is 7.05 Å². The van der Waals surface area contributed by atoms with E-state index in [0.717, 1.165) is 0 Å². The molecule has 0 aromatic carbocycles. The summed E-state index contributed by atoms with van der Waals surface area (Å²) in [6.45, 7) is 0.353. The van der Waals surface area contributed by atoms with Gasteiger partial charge in [0.05, 0.1) is 23.1 Å². The number of hydrogen-bond donors (Lipinski definition) is 0. The third kappa shape index (κ3) is 3.09. The van der Waals surface area contributed by atoms with Crippen LogP contribution in [0.5, 0.6) is 0 Å². The molecule has 0 bridgehead atoms. The Balaban J connectivity index is 2.88. The van der Waals surface area contributed by atoms with Crippen LogP contribution in [0.15, 0.2) is 12.3 Å². The summed E-state index contributed by atoms with van der Waals surface area (Å²) < 4.78 is 0. The fraction of sp³-hybridized carbons (Fsp3) is 0.300. The lowest BCUT2D eigenvalue weighted by molar-refractivity contribution is 0.0798. The van der Waals surface area contributed by atoms with Crippen LogP contribution in [0.3, 0.4) is 0 Å². The average molecular weight is 258 g/mol. The maximum absolute atomic E-state index is 11.9. The molecule has 0 aliphatic rings. The standard InChI is InChI=1S/C10H9Cl2N3O/c1-15(4-2-3-13)10(16)7-5-9(12)14-6-8(7)11/h5-6H,2,4H2,1H3. The van der Waals surface area contributed by atoms with Crippen molar-refractivity contribution in [3.8, 4) is 6.07 Å². The van der Waals surface area contributed by atoms with Gasteiger partial charge in [-0.2, -0.15) is 5.26 Å². The van der Waals surface area contributed by atoms with E-state index in [0.29, 0.717) is 12.1 Å². The molecule has 6 heteroatoms. The Bertz CT molecular complexity index is 442. The molecule has 84 valence electrons. The first-order chi connectivity index (χ1) is 7.56. The highest BCUT2D eigenvalue weighted by Crippen LogP contribution is 2.19. The highest BCUT2D eigenvalue weighted by atomic mass is 35.5. The first-order valence-corrected chi connectivity index (χ1v) is 5.25. The summed E-state index contributed by atoms with van der Waals surface area (Å²) in [5.41, 5.74) is 0.294. The van der Waals surface area contributed by atoms with E-state index in [2.05, 4.69) is 4.98 Å². The molecule has 0 radical (unpaired) electrons. The molecule has 1 aromatic heterocycles. The molecular weight excluding hydrogens is 249 g/mol. The van der Waals surface area contributed by atoms with Crippen molar-refractivity contribution in [2.45, 2.75) is 6.42 Å². The first kappa shape index (κ1) is 12.8. The van der Waals surface area contributed by atoms with Crippen LogP contribution in [-0.2, 0) is 0 Å². The lowest BCUT2D eigenvalue weighted by Gasteiger charge is -2.16. The van der Waals surface area contributed by atoms with Crippen molar-refractivity contribution in [3.05, 3.63) is 28.0 Å². The Morgan fingerprint density at radius 1 is 1.62 bits per heavy atom. The van der Waals surface area contributed by atoms with E-state index in [-0.39, 0.29) is 22.5 Å². The van der Waals surface area contributed by atoms with Gasteiger partial charge in [-0.05, 0) is 6.07 Å². The van der Waals surface area contributed by atoms with Gasteiger partial charge in [0.2, 0.25) is 0 Å². The molecule has 0 N–H and O–H groups in total. The summed E-state index contributed by atoms with van der Waals surface area (Å²) in [7, 11) is 1.60. The number of amides is 1. The van der Waals surface area contributed by atoms with Crippen molar-refractivity contribution in [1.29, 1.82) is 5.26 Å². The predicted molar refractivity (Wildman–Crippen MR) is 61.4 cm³/mol. The largest absolute Gasteiger partial charge is 0.341 e. The highest BCUT2D eigenvalue weighted by Gasteiger charge is 2.15. The Morgan fingerprint density at radius 2 is 2.31 bits per heavy atom. The summed E-state index contributed by atoms with van der Waals surface area (Å²) in [6, 6.07) is 3.38. The molecule has 16 heavy (non-hydrogen) atoms. The van der Waals surface area contributed by atoms with Crippen LogP contribution in [0, 0.1) is 11.3 Å². The van der Waals surface area contributed by atoms with Gasteiger partial charge in [-0.3, -0.25) is 4.79 Å². The molecule has 1 heterocycles. The van der Waals surface area contributed by atoms with Crippen LogP contribution in [0.25, 0.3) is 0 Å². The SMILES string of the molecule is CN(CCC#N)C(=O)c1cc(Cl)ncc1Cl. The molecule has 1 aromatic rings. The summed E-state index contributed by atoms with van der Waals surface area (Å²) in [4.78, 5) is 17.0. The van der Waals surface area contributed by atoms with Gasteiger partial charge in [0, 0.05) is 19.8 Å². The minimum Gasteiger partial charge on any atom is -0.341 e. The second-order valence-electron chi connectivity index (χ2n) is 3.12. The lowest BCUT2D eigenvalue weighted by Crippen LogP contribution is -2.27. The summed E-state index contributed by atoms with van der Waals surface area (Å²) in [5.74, 6) is -0.274. The van der Waals surface area contributed by atoms with E-state index < -0.39 is 0 Å². The minimum atomic E-state index is -0.274. The lowest BCUT2D eigenvalue weighted by atomic mass is 10.2. The number of nitriles is 1. The minimum absolute atomic E-state index is 0.210. The fourth-order valence-corrected chi connectivity index (χ4v) is 1.44. The van der Waals surface area contributed by atoms with Gasteiger partial charge in [0.25, 0.3) is 5.91 Å². The second-order valence-corrected chi connectivity index (χ2v) is 3.92. The zero-order valence-corrected chi connectivity index (χ0v) is 10.1. The average Bonchev–Trinajstić information content (AvgIpc) is 2.28. The molecule has 0 unspecified atom stereocenters. The van der Waals surface area contributed by atoms with Crippen molar-refractivity contribution in [1.82, 2.24) is 9.88 Å². The summed E-state index contributed by atoms with van der Waals surface area (Å²) >= 11 is 11.5. The predicted octanol–water partition coefficient (Wildman–Crippen LogP) is 2.37. The Morgan fingerprint density at radius 3 is 2.94 bits per heavy atom. The van der Waals surface area contributed by atoms with Gasteiger partial charge in [-0.1, -0.05) is 23.2 Å². The molecule has 0 atom stereocenters. The van der Waals surface area contributed by atoms with Gasteiger partial charge in [0.15, 0.2) is 0 Å². The number of pyridine rings is 1. The molecule has 0 aliphatic heterocycles. The zero-order valence-electron chi connectivity index (χ0n) is 8.57. The van der Waals surface area contributed by atoms with Crippen LogP contribution in [-0.4, -0.2) is 29.4 Å². The number of carbonyl (C=O) groups is 1. The van der Waals surface area contributed by atoms with E-state index >= 15 is 0 Å². The fourth-order valence-electron chi connectivity index (χ4n) is 1.10. The van der Waals surface area contributed by atoms with Crippen molar-refractivity contribution in [2.75, 3.05) is 13.6 Å². The van der Waals surface area contributed by atoms with Gasteiger partial charge < -0.3 is 4.90 Å². The molecule has 0 fully saturated rings. The van der Waals surface area contributed by atoms with Crippen LogP contribution in [0.1, 0.15) is 16.8 Å². The van der Waals surface area contributed by atoms with E-state index in [9.17, 15) is 4.79 Å².